The summed E-state index contributed by atoms with van der Waals surface area (Å²) in [6.45, 7) is 2.23. The highest BCUT2D eigenvalue weighted by Crippen LogP contribution is 2.18. The SMILES string of the molecule is Cc1ccc(CN(C)C(=O)c2ccccc2O)o1. The van der Waals surface area contributed by atoms with Gasteiger partial charge >= 0.3 is 0 Å². The molecule has 1 heterocycles. The molecular weight excluding hydrogens is 230 g/mol. The van der Waals surface area contributed by atoms with Crippen molar-refractivity contribution < 1.29 is 14.3 Å². The maximum atomic E-state index is 12.1. The summed E-state index contributed by atoms with van der Waals surface area (Å²) in [5.41, 5.74) is 0.295. The molecule has 1 N–H and O–H groups in total. The van der Waals surface area contributed by atoms with Gasteiger partial charge in [-0.1, -0.05) is 12.1 Å². The summed E-state index contributed by atoms with van der Waals surface area (Å²) in [5, 5.41) is 9.63. The highest BCUT2D eigenvalue weighted by atomic mass is 16.3. The lowest BCUT2D eigenvalue weighted by Gasteiger charge is -2.16. The predicted octanol–water partition coefficient (Wildman–Crippen LogP) is 2.57. The Labute approximate surface area is 105 Å². The molecule has 0 radical (unpaired) electrons. The van der Waals surface area contributed by atoms with Crippen molar-refractivity contribution >= 4 is 5.91 Å². The topological polar surface area (TPSA) is 53.7 Å². The number of aryl methyl sites for hydroxylation is 1. The number of amides is 1. The minimum absolute atomic E-state index is 0.00928. The van der Waals surface area contributed by atoms with Gasteiger partial charge in [-0.05, 0) is 31.2 Å². The zero-order valence-corrected chi connectivity index (χ0v) is 10.4. The number of phenolic OH excluding ortho intramolecular Hbond substituents is 1. The highest BCUT2D eigenvalue weighted by molar-refractivity contribution is 5.96. The van der Waals surface area contributed by atoms with Crippen molar-refractivity contribution in [2.75, 3.05) is 7.05 Å². The number of furan rings is 1. The van der Waals surface area contributed by atoms with Crippen molar-refractivity contribution in [3.05, 3.63) is 53.5 Å². The fourth-order valence-electron chi connectivity index (χ4n) is 1.74. The monoisotopic (exact) mass is 245 g/mol. The molecule has 2 aromatic rings. The predicted molar refractivity (Wildman–Crippen MR) is 67.3 cm³/mol. The maximum absolute atomic E-state index is 12.1. The van der Waals surface area contributed by atoms with Gasteiger partial charge < -0.3 is 14.4 Å². The summed E-state index contributed by atoms with van der Waals surface area (Å²) < 4.78 is 5.41. The number of carbonyl (C=O) groups is 1. The second-order valence-electron chi connectivity index (χ2n) is 4.19. The van der Waals surface area contributed by atoms with E-state index in [1.54, 1.807) is 25.2 Å². The van der Waals surface area contributed by atoms with E-state index in [4.69, 9.17) is 4.42 Å². The number of hydrogen-bond donors (Lipinski definition) is 1. The zero-order chi connectivity index (χ0) is 13.1. The molecule has 1 aromatic heterocycles. The number of aromatic hydroxyl groups is 1. The Balaban J connectivity index is 2.12. The lowest BCUT2D eigenvalue weighted by molar-refractivity contribution is 0.0772. The van der Waals surface area contributed by atoms with Crippen LogP contribution in [0, 0.1) is 6.92 Å². The lowest BCUT2D eigenvalue weighted by Crippen LogP contribution is -2.26. The van der Waals surface area contributed by atoms with Gasteiger partial charge in [0.1, 0.15) is 17.3 Å². The minimum Gasteiger partial charge on any atom is -0.507 e. The summed E-state index contributed by atoms with van der Waals surface area (Å²) in [5.74, 6) is 1.29. The van der Waals surface area contributed by atoms with E-state index in [1.165, 1.54) is 11.0 Å². The van der Waals surface area contributed by atoms with Crippen LogP contribution >= 0.6 is 0 Å². The van der Waals surface area contributed by atoms with Gasteiger partial charge in [-0.15, -0.1) is 0 Å². The van der Waals surface area contributed by atoms with Gasteiger partial charge in [-0.25, -0.2) is 0 Å². The second-order valence-corrected chi connectivity index (χ2v) is 4.19. The van der Waals surface area contributed by atoms with E-state index in [0.29, 0.717) is 12.1 Å². The van der Waals surface area contributed by atoms with Gasteiger partial charge in [-0.3, -0.25) is 4.79 Å². The van der Waals surface area contributed by atoms with E-state index in [-0.39, 0.29) is 11.7 Å². The Morgan fingerprint density at radius 1 is 1.28 bits per heavy atom. The Morgan fingerprint density at radius 3 is 2.61 bits per heavy atom. The summed E-state index contributed by atoms with van der Waals surface area (Å²) in [6.07, 6.45) is 0. The molecule has 0 spiro atoms. The molecule has 0 aliphatic carbocycles. The molecule has 18 heavy (non-hydrogen) atoms. The van der Waals surface area contributed by atoms with Crippen LogP contribution in [-0.2, 0) is 6.54 Å². The van der Waals surface area contributed by atoms with Crippen LogP contribution in [-0.4, -0.2) is 23.0 Å². The molecule has 4 heteroatoms. The van der Waals surface area contributed by atoms with Gasteiger partial charge in [0, 0.05) is 7.05 Å². The second kappa shape index (κ2) is 4.96. The quantitative estimate of drug-likeness (QED) is 0.904. The number of hydrogen-bond acceptors (Lipinski definition) is 3. The number of rotatable bonds is 3. The Bertz CT molecular complexity index is 560. The number of para-hydroxylation sites is 1. The third-order valence-electron chi connectivity index (χ3n) is 2.67. The molecule has 0 fully saturated rings. The van der Waals surface area contributed by atoms with Gasteiger partial charge in [0.05, 0.1) is 12.1 Å². The van der Waals surface area contributed by atoms with Crippen LogP contribution in [0.4, 0.5) is 0 Å². The van der Waals surface area contributed by atoms with E-state index >= 15 is 0 Å². The van der Waals surface area contributed by atoms with Crippen LogP contribution in [0.3, 0.4) is 0 Å². The molecule has 0 aliphatic rings. The molecule has 94 valence electrons. The molecule has 0 bridgehead atoms. The normalized spacial score (nSPS) is 10.3. The molecule has 1 aromatic carbocycles. The van der Waals surface area contributed by atoms with E-state index in [2.05, 4.69) is 0 Å². The molecule has 0 saturated heterocycles. The molecule has 2 rings (SSSR count). The van der Waals surface area contributed by atoms with Crippen LogP contribution in [0.5, 0.6) is 5.75 Å². The lowest BCUT2D eigenvalue weighted by atomic mass is 10.2. The molecule has 0 saturated carbocycles. The van der Waals surface area contributed by atoms with E-state index in [0.717, 1.165) is 11.5 Å². The van der Waals surface area contributed by atoms with Gasteiger partial charge in [0.15, 0.2) is 0 Å². The first kappa shape index (κ1) is 12.2. The van der Waals surface area contributed by atoms with Crippen molar-refractivity contribution in [2.24, 2.45) is 0 Å². The first-order valence-electron chi connectivity index (χ1n) is 5.66. The van der Waals surface area contributed by atoms with Crippen molar-refractivity contribution in [3.8, 4) is 5.75 Å². The number of phenols is 1. The third-order valence-corrected chi connectivity index (χ3v) is 2.67. The molecule has 0 atom stereocenters. The standard InChI is InChI=1S/C14H15NO3/c1-10-7-8-11(18-10)9-15(2)14(17)12-5-3-4-6-13(12)16/h3-8,16H,9H2,1-2H3. The van der Waals surface area contributed by atoms with Crippen LogP contribution in [0.1, 0.15) is 21.9 Å². The van der Waals surface area contributed by atoms with Gasteiger partial charge in [0.2, 0.25) is 0 Å². The van der Waals surface area contributed by atoms with E-state index in [9.17, 15) is 9.90 Å². The van der Waals surface area contributed by atoms with Crippen molar-refractivity contribution in [1.29, 1.82) is 0 Å². The van der Waals surface area contributed by atoms with E-state index in [1.807, 2.05) is 19.1 Å². The first-order valence-corrected chi connectivity index (χ1v) is 5.66. The summed E-state index contributed by atoms with van der Waals surface area (Å²) in [4.78, 5) is 13.6. The first-order chi connectivity index (χ1) is 8.58. The highest BCUT2D eigenvalue weighted by Gasteiger charge is 2.16. The summed E-state index contributed by atoms with van der Waals surface area (Å²) in [7, 11) is 1.67. The van der Waals surface area contributed by atoms with Crippen LogP contribution in [0.25, 0.3) is 0 Å². The van der Waals surface area contributed by atoms with Gasteiger partial charge in [-0.2, -0.15) is 0 Å². The zero-order valence-electron chi connectivity index (χ0n) is 10.4. The van der Waals surface area contributed by atoms with Crippen molar-refractivity contribution in [1.82, 2.24) is 4.90 Å². The maximum Gasteiger partial charge on any atom is 0.257 e. The molecular formula is C14H15NO3. The average Bonchev–Trinajstić information content (AvgIpc) is 2.74. The number of nitrogens with zero attached hydrogens (tertiary/aromatic N) is 1. The van der Waals surface area contributed by atoms with Crippen LogP contribution < -0.4 is 0 Å². The molecule has 0 unspecified atom stereocenters. The number of benzene rings is 1. The summed E-state index contributed by atoms with van der Waals surface area (Å²) >= 11 is 0. The fourth-order valence-corrected chi connectivity index (χ4v) is 1.74. The van der Waals surface area contributed by atoms with E-state index < -0.39 is 0 Å². The minimum atomic E-state index is -0.234. The molecule has 0 aliphatic heterocycles. The largest absolute Gasteiger partial charge is 0.507 e. The number of carbonyl (C=O) groups excluding carboxylic acids is 1. The molecule has 1 amide bonds. The Kier molecular flexibility index (Phi) is 3.37. The summed E-state index contributed by atoms with van der Waals surface area (Å²) in [6, 6.07) is 10.2. The fraction of sp³-hybridized carbons (Fsp3) is 0.214. The van der Waals surface area contributed by atoms with Crippen molar-refractivity contribution in [2.45, 2.75) is 13.5 Å². The average molecular weight is 245 g/mol. The van der Waals surface area contributed by atoms with Crippen molar-refractivity contribution in [3.63, 3.8) is 0 Å². The van der Waals surface area contributed by atoms with Crippen LogP contribution in [0.2, 0.25) is 0 Å². The Morgan fingerprint density at radius 2 is 2.00 bits per heavy atom. The smallest absolute Gasteiger partial charge is 0.257 e. The third kappa shape index (κ3) is 2.53. The van der Waals surface area contributed by atoms with Crippen LogP contribution in [0.15, 0.2) is 40.8 Å². The molecule has 4 nitrogen and oxygen atoms in total. The Hall–Kier alpha value is -2.23. The van der Waals surface area contributed by atoms with Gasteiger partial charge in [0.25, 0.3) is 5.91 Å².